The molecule has 152 valence electrons. The molecule has 0 aliphatic rings. The van der Waals surface area contributed by atoms with Gasteiger partial charge in [-0.15, -0.1) is 10.2 Å². The molecule has 0 atom stereocenters. The van der Waals surface area contributed by atoms with Gasteiger partial charge < -0.3 is 14.5 Å². The summed E-state index contributed by atoms with van der Waals surface area (Å²) in [6.07, 6.45) is 2.66. The Morgan fingerprint density at radius 1 is 1.00 bits per heavy atom. The number of carbonyl (C=O) groups excluding carboxylic acids is 1. The van der Waals surface area contributed by atoms with Gasteiger partial charge in [0.15, 0.2) is 0 Å². The highest BCUT2D eigenvalue weighted by atomic mass is 19.1. The standard InChI is InChI=1S/C22H24FN3O3/c1-28-19-8-5-16(6-9-19)7-11-21-25-26-22(29-21)12-10-20(27)24-14-13-17-3-2-4-18(23)15-17/h2-6,8-9,15H,7,10-14H2,1H3,(H,24,27). The molecule has 0 unspecified atom stereocenters. The maximum absolute atomic E-state index is 13.1. The Labute approximate surface area is 169 Å². The summed E-state index contributed by atoms with van der Waals surface area (Å²) >= 11 is 0. The highest BCUT2D eigenvalue weighted by Crippen LogP contribution is 2.13. The zero-order valence-electron chi connectivity index (χ0n) is 16.4. The minimum Gasteiger partial charge on any atom is -0.497 e. The monoisotopic (exact) mass is 397 g/mol. The molecule has 7 heteroatoms. The normalized spacial score (nSPS) is 10.7. The van der Waals surface area contributed by atoms with Gasteiger partial charge in [-0.25, -0.2) is 4.39 Å². The number of benzene rings is 2. The summed E-state index contributed by atoms with van der Waals surface area (Å²) in [6.45, 7) is 0.458. The molecule has 0 fully saturated rings. The third kappa shape index (κ3) is 6.71. The van der Waals surface area contributed by atoms with Crippen molar-refractivity contribution < 1.29 is 18.3 Å². The number of hydrogen-bond acceptors (Lipinski definition) is 5. The van der Waals surface area contributed by atoms with Gasteiger partial charge in [0.05, 0.1) is 7.11 Å². The average molecular weight is 397 g/mol. The van der Waals surface area contributed by atoms with Crippen molar-refractivity contribution in [2.24, 2.45) is 0 Å². The fourth-order valence-electron chi connectivity index (χ4n) is 2.88. The van der Waals surface area contributed by atoms with Gasteiger partial charge in [-0.2, -0.15) is 0 Å². The van der Waals surface area contributed by atoms with E-state index >= 15 is 0 Å². The Kier molecular flexibility index (Phi) is 7.33. The summed E-state index contributed by atoms with van der Waals surface area (Å²) in [5, 5.41) is 10.9. The third-order valence-corrected chi connectivity index (χ3v) is 4.49. The topological polar surface area (TPSA) is 77.2 Å². The van der Waals surface area contributed by atoms with Crippen molar-refractivity contribution in [2.45, 2.75) is 32.1 Å². The lowest BCUT2D eigenvalue weighted by atomic mass is 10.1. The Morgan fingerprint density at radius 2 is 1.76 bits per heavy atom. The Hall–Kier alpha value is -3.22. The van der Waals surface area contributed by atoms with E-state index in [1.807, 2.05) is 30.3 Å². The number of aromatic nitrogens is 2. The fraction of sp³-hybridized carbons (Fsp3) is 0.318. The van der Waals surface area contributed by atoms with Crippen LogP contribution >= 0.6 is 0 Å². The van der Waals surface area contributed by atoms with Crippen LogP contribution in [0.15, 0.2) is 52.9 Å². The van der Waals surface area contributed by atoms with Gasteiger partial charge in [0.2, 0.25) is 17.7 Å². The minimum atomic E-state index is -0.270. The van der Waals surface area contributed by atoms with E-state index in [9.17, 15) is 9.18 Å². The van der Waals surface area contributed by atoms with E-state index in [2.05, 4.69) is 15.5 Å². The van der Waals surface area contributed by atoms with Crippen LogP contribution in [-0.4, -0.2) is 29.8 Å². The van der Waals surface area contributed by atoms with E-state index in [1.54, 1.807) is 13.2 Å². The molecule has 0 aliphatic carbocycles. The molecule has 0 saturated carbocycles. The van der Waals surface area contributed by atoms with E-state index in [0.717, 1.165) is 23.3 Å². The highest BCUT2D eigenvalue weighted by Gasteiger charge is 2.09. The predicted octanol–water partition coefficient (Wildman–Crippen LogP) is 3.29. The van der Waals surface area contributed by atoms with Crippen molar-refractivity contribution in [2.75, 3.05) is 13.7 Å². The van der Waals surface area contributed by atoms with Crippen molar-refractivity contribution in [3.63, 3.8) is 0 Å². The van der Waals surface area contributed by atoms with Crippen molar-refractivity contribution in [1.29, 1.82) is 0 Å². The lowest BCUT2D eigenvalue weighted by Gasteiger charge is -2.04. The van der Waals surface area contributed by atoms with E-state index in [4.69, 9.17) is 9.15 Å². The maximum atomic E-state index is 13.1. The van der Waals surface area contributed by atoms with Gasteiger partial charge in [-0.05, 0) is 48.2 Å². The van der Waals surface area contributed by atoms with Crippen LogP contribution < -0.4 is 10.1 Å². The van der Waals surface area contributed by atoms with Gasteiger partial charge in [0.25, 0.3) is 0 Å². The Morgan fingerprint density at radius 3 is 2.48 bits per heavy atom. The quantitative estimate of drug-likeness (QED) is 0.568. The van der Waals surface area contributed by atoms with Gasteiger partial charge in [-0.1, -0.05) is 24.3 Å². The number of nitrogens with one attached hydrogen (secondary N) is 1. The first-order chi connectivity index (χ1) is 14.1. The highest BCUT2D eigenvalue weighted by molar-refractivity contribution is 5.75. The molecule has 0 spiro atoms. The lowest BCUT2D eigenvalue weighted by Crippen LogP contribution is -2.25. The summed E-state index contributed by atoms with van der Waals surface area (Å²) in [5.41, 5.74) is 2.01. The van der Waals surface area contributed by atoms with Gasteiger partial charge in [-0.3, -0.25) is 4.79 Å². The minimum absolute atomic E-state index is 0.0978. The SMILES string of the molecule is COc1ccc(CCc2nnc(CCC(=O)NCCc3cccc(F)c3)o2)cc1. The first-order valence-corrected chi connectivity index (χ1v) is 9.57. The maximum Gasteiger partial charge on any atom is 0.220 e. The van der Waals surface area contributed by atoms with E-state index in [0.29, 0.717) is 37.6 Å². The zero-order valence-corrected chi connectivity index (χ0v) is 16.4. The summed E-state index contributed by atoms with van der Waals surface area (Å²) in [4.78, 5) is 12.0. The molecule has 0 radical (unpaired) electrons. The number of ether oxygens (including phenoxy) is 1. The van der Waals surface area contributed by atoms with E-state index in [-0.39, 0.29) is 18.1 Å². The van der Waals surface area contributed by atoms with Crippen molar-refractivity contribution in [1.82, 2.24) is 15.5 Å². The van der Waals surface area contributed by atoms with Crippen molar-refractivity contribution in [3.8, 4) is 5.75 Å². The molecule has 0 bridgehead atoms. The summed E-state index contributed by atoms with van der Waals surface area (Å²) in [7, 11) is 1.64. The second-order valence-electron chi connectivity index (χ2n) is 6.67. The van der Waals surface area contributed by atoms with Gasteiger partial charge in [0.1, 0.15) is 11.6 Å². The first-order valence-electron chi connectivity index (χ1n) is 9.57. The summed E-state index contributed by atoms with van der Waals surface area (Å²) in [6, 6.07) is 14.2. The number of hydrogen-bond donors (Lipinski definition) is 1. The van der Waals surface area contributed by atoms with Crippen molar-refractivity contribution in [3.05, 3.63) is 77.3 Å². The van der Waals surface area contributed by atoms with Crippen LogP contribution in [-0.2, 0) is 30.5 Å². The summed E-state index contributed by atoms with van der Waals surface area (Å²) < 4.78 is 23.9. The molecule has 6 nitrogen and oxygen atoms in total. The molecule has 1 amide bonds. The van der Waals surface area contributed by atoms with Crippen LogP contribution in [0.25, 0.3) is 0 Å². The Bertz CT molecular complexity index is 925. The van der Waals surface area contributed by atoms with Crippen LogP contribution in [0.4, 0.5) is 4.39 Å². The number of methoxy groups -OCH3 is 1. The fourth-order valence-corrected chi connectivity index (χ4v) is 2.88. The van der Waals surface area contributed by atoms with Crippen LogP contribution in [0.2, 0.25) is 0 Å². The lowest BCUT2D eigenvalue weighted by molar-refractivity contribution is -0.121. The van der Waals surface area contributed by atoms with Crippen LogP contribution in [0.5, 0.6) is 5.75 Å². The van der Waals surface area contributed by atoms with E-state index in [1.165, 1.54) is 12.1 Å². The molecule has 3 rings (SSSR count). The zero-order chi connectivity index (χ0) is 20.5. The molecule has 3 aromatic rings. The molecule has 1 aromatic heterocycles. The molecule has 0 aliphatic heterocycles. The number of aryl methyl sites for hydroxylation is 3. The molecule has 1 heterocycles. The van der Waals surface area contributed by atoms with Crippen LogP contribution in [0.1, 0.15) is 29.3 Å². The first kappa shape index (κ1) is 20.5. The summed E-state index contributed by atoms with van der Waals surface area (Å²) in [5.74, 6) is 1.47. The molecular formula is C22H24FN3O3. The van der Waals surface area contributed by atoms with Crippen molar-refractivity contribution >= 4 is 5.91 Å². The number of carbonyl (C=O) groups is 1. The molecule has 1 N–H and O–H groups in total. The largest absolute Gasteiger partial charge is 0.497 e. The van der Waals surface area contributed by atoms with Crippen LogP contribution in [0, 0.1) is 5.82 Å². The molecule has 0 saturated heterocycles. The number of amides is 1. The smallest absolute Gasteiger partial charge is 0.220 e. The van der Waals surface area contributed by atoms with E-state index < -0.39 is 0 Å². The number of halogens is 1. The second-order valence-corrected chi connectivity index (χ2v) is 6.67. The van der Waals surface area contributed by atoms with Crippen LogP contribution in [0.3, 0.4) is 0 Å². The molecule has 29 heavy (non-hydrogen) atoms. The third-order valence-electron chi connectivity index (χ3n) is 4.49. The van der Waals surface area contributed by atoms with Gasteiger partial charge in [0, 0.05) is 25.8 Å². The van der Waals surface area contributed by atoms with Gasteiger partial charge >= 0.3 is 0 Å². The second kappa shape index (κ2) is 10.4. The number of rotatable bonds is 10. The average Bonchev–Trinajstić information content (AvgIpc) is 3.19. The molecule has 2 aromatic carbocycles. The Balaban J connectivity index is 1.36. The number of nitrogens with zero attached hydrogens (tertiary/aromatic N) is 2. The predicted molar refractivity (Wildman–Crippen MR) is 106 cm³/mol. The molecular weight excluding hydrogens is 373 g/mol.